The average Bonchev–Trinajstić information content (AvgIpc) is 3.34. The standard InChI is InChI=1S/C62H102NO8P/c1-6-8-10-12-14-16-18-20-22-23-24-25-26-27-28-29-30-31-32-33-34-35-36-37-38-39-41-43-45-47-49-51-53-55-62(65)71-60(59-70-72(66,67)69-57-56-63(3,4)5)58-68-61(64)54-52-50-48-46-44-42-40-21-19-17-15-13-11-9-7-2/h8-11,14-17,20-22,24-25,27-28,30-31,33-34,40,44,46,60H,6-7,12-13,18-19,23,26,29,32,35-39,41-43,45,47-59H2,1-5H3/b10-8-,11-9-,16-14-,17-15-,22-20-,25-24-,28-27-,31-30-,34-33-,40-21-,46-44-. The fourth-order valence-corrected chi connectivity index (χ4v) is 7.65. The Kier molecular flexibility index (Phi) is 49.2. The van der Waals surface area contributed by atoms with Crippen molar-refractivity contribution in [1.29, 1.82) is 0 Å². The first-order valence-electron chi connectivity index (χ1n) is 27.9. The Morgan fingerprint density at radius 2 is 0.750 bits per heavy atom. The number of phosphoric ester groups is 1. The molecule has 0 bridgehead atoms. The third kappa shape index (κ3) is 55.5. The molecule has 0 aliphatic heterocycles. The summed E-state index contributed by atoms with van der Waals surface area (Å²) in [5, 5.41) is 0. The molecule has 0 aliphatic carbocycles. The maximum absolute atomic E-state index is 12.8. The highest BCUT2D eigenvalue weighted by Crippen LogP contribution is 2.38. The third-order valence-electron chi connectivity index (χ3n) is 11.2. The summed E-state index contributed by atoms with van der Waals surface area (Å²) in [4.78, 5) is 37.8. The first-order valence-corrected chi connectivity index (χ1v) is 29.4. The molecule has 10 heteroatoms. The summed E-state index contributed by atoms with van der Waals surface area (Å²) < 4.78 is 34.0. The van der Waals surface area contributed by atoms with Crippen LogP contribution in [0.25, 0.3) is 0 Å². The van der Waals surface area contributed by atoms with Crippen LogP contribution in [0.5, 0.6) is 0 Å². The lowest BCUT2D eigenvalue weighted by molar-refractivity contribution is -0.870. The number of nitrogens with zero attached hydrogens (tertiary/aromatic N) is 1. The number of ether oxygens (including phenoxy) is 2. The number of phosphoric acid groups is 1. The normalized spacial score (nSPS) is 14.4. The zero-order valence-electron chi connectivity index (χ0n) is 46.1. The number of likely N-dealkylation sites (N-methyl/N-ethyl adjacent to an activating group) is 1. The first-order chi connectivity index (χ1) is 35.0. The van der Waals surface area contributed by atoms with Gasteiger partial charge in [0.05, 0.1) is 27.7 Å². The topological polar surface area (TPSA) is 111 Å². The molecule has 2 atom stereocenters. The number of carbonyl (C=O) groups is 2. The van der Waals surface area contributed by atoms with Gasteiger partial charge in [-0.15, -0.1) is 0 Å². The molecular formula is C62H102NO8P. The van der Waals surface area contributed by atoms with E-state index < -0.39 is 32.5 Å². The lowest BCUT2D eigenvalue weighted by atomic mass is 10.0. The molecule has 0 aliphatic rings. The number of hydrogen-bond acceptors (Lipinski definition) is 8. The molecule has 0 radical (unpaired) electrons. The van der Waals surface area contributed by atoms with Crippen LogP contribution in [0, 0.1) is 0 Å². The van der Waals surface area contributed by atoms with E-state index in [0.29, 0.717) is 23.9 Å². The van der Waals surface area contributed by atoms with E-state index in [4.69, 9.17) is 18.5 Å². The van der Waals surface area contributed by atoms with Crippen LogP contribution in [-0.4, -0.2) is 70.0 Å². The van der Waals surface area contributed by atoms with Crippen molar-refractivity contribution >= 4 is 19.8 Å². The Morgan fingerprint density at radius 1 is 0.431 bits per heavy atom. The molecule has 72 heavy (non-hydrogen) atoms. The predicted molar refractivity (Wildman–Crippen MR) is 304 cm³/mol. The Labute approximate surface area is 441 Å². The molecule has 0 spiro atoms. The summed E-state index contributed by atoms with van der Waals surface area (Å²) in [5.74, 6) is -0.896. The molecule has 0 aromatic rings. The number of rotatable bonds is 49. The van der Waals surface area contributed by atoms with Gasteiger partial charge in [0.25, 0.3) is 7.82 Å². The van der Waals surface area contributed by atoms with Crippen LogP contribution in [0.3, 0.4) is 0 Å². The van der Waals surface area contributed by atoms with Crippen molar-refractivity contribution in [3.05, 3.63) is 134 Å². The quantitative estimate of drug-likeness (QED) is 0.0195. The molecular weight excluding hydrogens is 918 g/mol. The molecule has 9 nitrogen and oxygen atoms in total. The second-order valence-corrected chi connectivity index (χ2v) is 20.6. The van der Waals surface area contributed by atoms with Crippen LogP contribution in [0.15, 0.2) is 134 Å². The number of carbonyl (C=O) groups excluding carboxylic acids is 2. The van der Waals surface area contributed by atoms with Crippen molar-refractivity contribution in [3.8, 4) is 0 Å². The molecule has 2 unspecified atom stereocenters. The lowest BCUT2D eigenvalue weighted by Crippen LogP contribution is -2.37. The third-order valence-corrected chi connectivity index (χ3v) is 12.1. The van der Waals surface area contributed by atoms with Crippen molar-refractivity contribution in [2.45, 2.75) is 200 Å². The molecule has 0 heterocycles. The molecule has 0 aromatic carbocycles. The van der Waals surface area contributed by atoms with Gasteiger partial charge in [-0.25, -0.2) is 0 Å². The number of esters is 2. The first kappa shape index (κ1) is 68.2. The highest BCUT2D eigenvalue weighted by Gasteiger charge is 2.21. The minimum absolute atomic E-state index is 0.0453. The van der Waals surface area contributed by atoms with E-state index in [2.05, 4.69) is 148 Å². The zero-order valence-corrected chi connectivity index (χ0v) is 47.0. The van der Waals surface area contributed by atoms with Crippen LogP contribution in [0.2, 0.25) is 0 Å². The van der Waals surface area contributed by atoms with E-state index in [9.17, 15) is 19.0 Å². The van der Waals surface area contributed by atoms with Gasteiger partial charge in [-0.1, -0.05) is 205 Å². The maximum Gasteiger partial charge on any atom is 0.306 e. The lowest BCUT2D eigenvalue weighted by Gasteiger charge is -2.28. The van der Waals surface area contributed by atoms with Crippen molar-refractivity contribution in [2.75, 3.05) is 47.5 Å². The van der Waals surface area contributed by atoms with Crippen LogP contribution in [-0.2, 0) is 32.7 Å². The van der Waals surface area contributed by atoms with Gasteiger partial charge in [-0.05, 0) is 109 Å². The second kappa shape index (κ2) is 52.0. The minimum Gasteiger partial charge on any atom is -0.756 e. The Balaban J connectivity index is 4.19. The summed E-state index contributed by atoms with van der Waals surface area (Å²) in [6, 6.07) is 0. The summed E-state index contributed by atoms with van der Waals surface area (Å²) >= 11 is 0. The number of allylic oxidation sites excluding steroid dienone is 22. The van der Waals surface area contributed by atoms with E-state index >= 15 is 0 Å². The van der Waals surface area contributed by atoms with Crippen molar-refractivity contribution in [1.82, 2.24) is 0 Å². The van der Waals surface area contributed by atoms with Gasteiger partial charge in [0, 0.05) is 12.8 Å². The summed E-state index contributed by atoms with van der Waals surface area (Å²) in [5.41, 5.74) is 0. The van der Waals surface area contributed by atoms with Crippen LogP contribution in [0.1, 0.15) is 194 Å². The molecule has 0 aromatic heterocycles. The van der Waals surface area contributed by atoms with Gasteiger partial charge in [0.15, 0.2) is 6.10 Å². The highest BCUT2D eigenvalue weighted by molar-refractivity contribution is 7.45. The Bertz CT molecular complexity index is 1670. The second-order valence-electron chi connectivity index (χ2n) is 19.2. The van der Waals surface area contributed by atoms with E-state index in [1.807, 2.05) is 21.1 Å². The van der Waals surface area contributed by atoms with Gasteiger partial charge in [-0.3, -0.25) is 14.2 Å². The minimum atomic E-state index is -4.65. The summed E-state index contributed by atoms with van der Waals surface area (Å²) in [7, 11) is 1.12. The molecule has 0 amide bonds. The number of hydrogen-bond donors (Lipinski definition) is 0. The van der Waals surface area contributed by atoms with Gasteiger partial charge >= 0.3 is 11.9 Å². The maximum atomic E-state index is 12.8. The molecule has 0 N–H and O–H groups in total. The SMILES string of the molecule is CC/C=C\C/C=C\C/C=C\C/C=C\C/C=C\C/C=C\C/C=C\CCCCCCCCCCCCCC(=O)OC(COC(=O)CCCC/C=C\C/C=C\C/C=C\C/C=C\CC)COP(=O)([O-])OCC[N+](C)(C)C. The molecule has 0 fully saturated rings. The van der Waals surface area contributed by atoms with Crippen molar-refractivity contribution in [2.24, 2.45) is 0 Å². The fourth-order valence-electron chi connectivity index (χ4n) is 6.92. The smallest absolute Gasteiger partial charge is 0.306 e. The Hall–Kier alpha value is -3.85. The number of unbranched alkanes of at least 4 members (excludes halogenated alkanes) is 13. The largest absolute Gasteiger partial charge is 0.756 e. The van der Waals surface area contributed by atoms with E-state index in [-0.39, 0.29) is 26.1 Å². The Morgan fingerprint density at radius 3 is 1.14 bits per heavy atom. The van der Waals surface area contributed by atoms with Gasteiger partial charge in [0.2, 0.25) is 0 Å². The number of quaternary nitrogens is 1. The molecule has 0 saturated heterocycles. The van der Waals surface area contributed by atoms with Crippen molar-refractivity contribution in [3.63, 3.8) is 0 Å². The fraction of sp³-hybridized carbons (Fsp3) is 0.613. The van der Waals surface area contributed by atoms with Gasteiger partial charge in [-0.2, -0.15) is 0 Å². The predicted octanol–water partition coefficient (Wildman–Crippen LogP) is 16.7. The molecule has 408 valence electrons. The van der Waals surface area contributed by atoms with Crippen LogP contribution < -0.4 is 4.89 Å². The summed E-state index contributed by atoms with van der Waals surface area (Å²) in [6.07, 6.45) is 75.0. The van der Waals surface area contributed by atoms with Gasteiger partial charge < -0.3 is 27.9 Å². The highest BCUT2D eigenvalue weighted by atomic mass is 31.2. The van der Waals surface area contributed by atoms with E-state index in [1.165, 1.54) is 44.9 Å². The van der Waals surface area contributed by atoms with Crippen LogP contribution >= 0.6 is 7.82 Å². The summed E-state index contributed by atoms with van der Waals surface area (Å²) in [6.45, 7) is 3.93. The van der Waals surface area contributed by atoms with Gasteiger partial charge in [0.1, 0.15) is 19.8 Å². The monoisotopic (exact) mass is 1020 g/mol. The molecule has 0 saturated carbocycles. The zero-order chi connectivity index (χ0) is 52.7. The van der Waals surface area contributed by atoms with Crippen LogP contribution in [0.4, 0.5) is 0 Å². The average molecular weight is 1020 g/mol. The van der Waals surface area contributed by atoms with E-state index in [0.717, 1.165) is 109 Å². The molecule has 0 rings (SSSR count). The van der Waals surface area contributed by atoms with Crippen molar-refractivity contribution < 1.29 is 42.1 Å². The van der Waals surface area contributed by atoms with E-state index in [1.54, 1.807) is 0 Å².